The summed E-state index contributed by atoms with van der Waals surface area (Å²) in [4.78, 5) is 20.7. The number of aromatic nitrogens is 1. The third-order valence-electron chi connectivity index (χ3n) is 9.87. The number of aliphatic hydroxyl groups is 1. The number of rotatable bonds is 11. The molecule has 2 aromatic carbocycles. The summed E-state index contributed by atoms with van der Waals surface area (Å²) in [5.41, 5.74) is 5.30. The Morgan fingerprint density at radius 3 is 2.62 bits per heavy atom. The van der Waals surface area contributed by atoms with Crippen molar-refractivity contribution in [2.45, 2.75) is 103 Å². The van der Waals surface area contributed by atoms with Crippen LogP contribution in [0.5, 0.6) is 5.88 Å². The molecule has 3 aromatic rings. The van der Waals surface area contributed by atoms with Crippen LogP contribution in [0.15, 0.2) is 60.8 Å². The number of aryl methyl sites for hydroxylation is 1. The first-order valence-corrected chi connectivity index (χ1v) is 17.5. The van der Waals surface area contributed by atoms with Crippen molar-refractivity contribution in [3.05, 3.63) is 94.4 Å². The Morgan fingerprint density at radius 2 is 1.92 bits per heavy atom. The second-order valence-corrected chi connectivity index (χ2v) is 15.4. The third-order valence-corrected chi connectivity index (χ3v) is 9.87. The van der Waals surface area contributed by atoms with Crippen LogP contribution in [0.4, 0.5) is 4.39 Å². The molecule has 1 saturated heterocycles. The lowest BCUT2D eigenvalue weighted by molar-refractivity contribution is -0.140. The average Bonchev–Trinajstić information content (AvgIpc) is 3.02. The van der Waals surface area contributed by atoms with Crippen LogP contribution in [-0.4, -0.2) is 71.0 Å². The third kappa shape index (κ3) is 8.80. The van der Waals surface area contributed by atoms with Crippen molar-refractivity contribution >= 4 is 5.91 Å². The van der Waals surface area contributed by atoms with Gasteiger partial charge in [0.1, 0.15) is 17.5 Å². The standard InChI is InChI=1S/C39H51FN4O4/c1-26-7-5-8-28(17-26)24-44-15-16-47-35(25-44)36(46)43-32(19-27-9-11-30(40)12-10-27)34(45)23-41-33-21-39(13-6-14-39)48-37-31(33)18-29(22-42-37)20-38(2,3)4/h5,7-12,17-18,22,32-35,41,45H,6,13-16,19-21,23-25H2,1-4H3,(H,43,46)/t32-,33-,34+,35+/m0/s1. The molecule has 8 nitrogen and oxygen atoms in total. The van der Waals surface area contributed by atoms with Gasteiger partial charge < -0.3 is 25.2 Å². The number of carbonyl (C=O) groups excluding carboxylic acids is 1. The zero-order valence-corrected chi connectivity index (χ0v) is 28.8. The number of aliphatic hydroxyl groups excluding tert-OH is 1. The second kappa shape index (κ2) is 14.6. The number of benzene rings is 2. The molecule has 48 heavy (non-hydrogen) atoms. The molecule has 3 aliphatic rings. The zero-order valence-electron chi connectivity index (χ0n) is 28.8. The van der Waals surface area contributed by atoms with Gasteiger partial charge in [0.25, 0.3) is 5.91 Å². The Hall–Kier alpha value is -3.37. The van der Waals surface area contributed by atoms with Gasteiger partial charge in [-0.1, -0.05) is 62.7 Å². The van der Waals surface area contributed by atoms with Gasteiger partial charge in [0.15, 0.2) is 0 Å². The molecule has 3 heterocycles. The minimum Gasteiger partial charge on any atom is -0.471 e. The minimum atomic E-state index is -0.916. The lowest BCUT2D eigenvalue weighted by Gasteiger charge is -2.47. The lowest BCUT2D eigenvalue weighted by Crippen LogP contribution is -2.56. The fourth-order valence-corrected chi connectivity index (χ4v) is 7.26. The molecule has 1 spiro atoms. The van der Waals surface area contributed by atoms with Gasteiger partial charge in [-0.05, 0) is 79.3 Å². The lowest BCUT2D eigenvalue weighted by atomic mass is 9.73. The molecule has 4 atom stereocenters. The van der Waals surface area contributed by atoms with E-state index >= 15 is 0 Å². The first kappa shape index (κ1) is 34.5. The van der Waals surface area contributed by atoms with E-state index in [1.165, 1.54) is 23.3 Å². The van der Waals surface area contributed by atoms with E-state index in [1.807, 2.05) is 6.20 Å². The van der Waals surface area contributed by atoms with Gasteiger partial charge in [-0.2, -0.15) is 0 Å². The highest BCUT2D eigenvalue weighted by molar-refractivity contribution is 5.81. The molecule has 0 bridgehead atoms. The first-order chi connectivity index (χ1) is 22.9. The summed E-state index contributed by atoms with van der Waals surface area (Å²) in [6.45, 7) is 11.4. The number of ether oxygens (including phenoxy) is 2. The molecule has 1 aromatic heterocycles. The van der Waals surface area contributed by atoms with Gasteiger partial charge >= 0.3 is 0 Å². The Labute approximate surface area is 284 Å². The van der Waals surface area contributed by atoms with Gasteiger partial charge in [0, 0.05) is 50.4 Å². The molecular formula is C39H51FN4O4. The monoisotopic (exact) mass is 658 g/mol. The fourth-order valence-electron chi connectivity index (χ4n) is 7.26. The minimum absolute atomic E-state index is 0.0462. The van der Waals surface area contributed by atoms with Crippen molar-refractivity contribution in [3.63, 3.8) is 0 Å². The summed E-state index contributed by atoms with van der Waals surface area (Å²) in [5, 5.41) is 18.4. The maximum absolute atomic E-state index is 13.7. The summed E-state index contributed by atoms with van der Waals surface area (Å²) < 4.78 is 26.2. The zero-order chi connectivity index (χ0) is 33.9. The van der Waals surface area contributed by atoms with Crippen LogP contribution >= 0.6 is 0 Å². The summed E-state index contributed by atoms with van der Waals surface area (Å²) in [6, 6.07) is 16.2. The van der Waals surface area contributed by atoms with Crippen LogP contribution in [0, 0.1) is 18.2 Å². The highest BCUT2D eigenvalue weighted by atomic mass is 19.1. The van der Waals surface area contributed by atoms with Crippen LogP contribution in [0.2, 0.25) is 0 Å². The van der Waals surface area contributed by atoms with Crippen LogP contribution < -0.4 is 15.4 Å². The molecule has 9 heteroatoms. The molecule has 1 amide bonds. The van der Waals surface area contributed by atoms with Crippen molar-refractivity contribution in [2.75, 3.05) is 26.2 Å². The molecule has 2 aliphatic heterocycles. The number of hydrogen-bond donors (Lipinski definition) is 3. The highest BCUT2D eigenvalue weighted by Gasteiger charge is 2.46. The van der Waals surface area contributed by atoms with E-state index in [-0.39, 0.29) is 35.3 Å². The Balaban J connectivity index is 1.15. The summed E-state index contributed by atoms with van der Waals surface area (Å²) in [6.07, 6.45) is 5.50. The van der Waals surface area contributed by atoms with Crippen LogP contribution in [0.25, 0.3) is 0 Å². The molecule has 258 valence electrons. The summed E-state index contributed by atoms with van der Waals surface area (Å²) in [7, 11) is 0. The van der Waals surface area contributed by atoms with E-state index in [0.717, 1.165) is 61.9 Å². The Bertz CT molecular complexity index is 1550. The maximum Gasteiger partial charge on any atom is 0.250 e. The predicted molar refractivity (Wildman–Crippen MR) is 184 cm³/mol. The second-order valence-electron chi connectivity index (χ2n) is 15.4. The molecular weight excluding hydrogens is 607 g/mol. The van der Waals surface area contributed by atoms with Crippen molar-refractivity contribution in [1.82, 2.24) is 20.5 Å². The van der Waals surface area contributed by atoms with Gasteiger partial charge in [-0.3, -0.25) is 9.69 Å². The maximum atomic E-state index is 13.7. The number of morpholine rings is 1. The molecule has 1 aliphatic carbocycles. The molecule has 3 N–H and O–H groups in total. The molecule has 0 radical (unpaired) electrons. The molecule has 2 fully saturated rings. The largest absolute Gasteiger partial charge is 0.471 e. The highest BCUT2D eigenvalue weighted by Crippen LogP contribution is 2.48. The van der Waals surface area contributed by atoms with E-state index in [4.69, 9.17) is 14.5 Å². The summed E-state index contributed by atoms with van der Waals surface area (Å²) in [5.74, 6) is 0.0933. The van der Waals surface area contributed by atoms with E-state index in [1.54, 1.807) is 12.1 Å². The summed E-state index contributed by atoms with van der Waals surface area (Å²) >= 11 is 0. The quantitative estimate of drug-likeness (QED) is 0.253. The number of fused-ring (bicyclic) bond motifs is 1. The van der Waals surface area contributed by atoms with Crippen molar-refractivity contribution < 1.29 is 23.8 Å². The Morgan fingerprint density at radius 1 is 1.12 bits per heavy atom. The number of halogens is 1. The van der Waals surface area contributed by atoms with Gasteiger partial charge in [0.05, 0.1) is 18.8 Å². The molecule has 1 saturated carbocycles. The first-order valence-electron chi connectivity index (χ1n) is 17.5. The number of amides is 1. The van der Waals surface area contributed by atoms with E-state index in [0.29, 0.717) is 25.5 Å². The molecule has 0 unspecified atom stereocenters. The van der Waals surface area contributed by atoms with Crippen molar-refractivity contribution in [2.24, 2.45) is 5.41 Å². The van der Waals surface area contributed by atoms with Gasteiger partial charge in [0.2, 0.25) is 5.88 Å². The number of hydrogen-bond acceptors (Lipinski definition) is 7. The van der Waals surface area contributed by atoms with Crippen LogP contribution in [0.3, 0.4) is 0 Å². The fraction of sp³-hybridized carbons (Fsp3) is 0.538. The van der Waals surface area contributed by atoms with Gasteiger partial charge in [-0.15, -0.1) is 0 Å². The number of carbonyl (C=O) groups is 1. The SMILES string of the molecule is Cc1cccc(CN2CCO[C@@H](C(=O)N[C@@H](Cc3ccc(F)cc3)[C@H](O)CN[C@H]3CC4(CCC4)Oc4ncc(CC(C)(C)C)cc43)C2)c1. The number of nitrogens with zero attached hydrogens (tertiary/aromatic N) is 2. The topological polar surface area (TPSA) is 96.0 Å². The van der Waals surface area contributed by atoms with Gasteiger partial charge in [-0.25, -0.2) is 9.37 Å². The van der Waals surface area contributed by atoms with Crippen LogP contribution in [0.1, 0.15) is 80.3 Å². The average molecular weight is 659 g/mol. The van der Waals surface area contributed by atoms with E-state index < -0.39 is 18.2 Å². The van der Waals surface area contributed by atoms with Crippen molar-refractivity contribution in [3.8, 4) is 5.88 Å². The number of nitrogens with one attached hydrogen (secondary N) is 2. The van der Waals surface area contributed by atoms with Crippen LogP contribution in [-0.2, 0) is 28.9 Å². The smallest absolute Gasteiger partial charge is 0.250 e. The van der Waals surface area contributed by atoms with E-state index in [9.17, 15) is 14.3 Å². The Kier molecular flexibility index (Phi) is 10.5. The molecule has 6 rings (SSSR count). The normalized spacial score (nSPS) is 21.9. The van der Waals surface area contributed by atoms with Crippen molar-refractivity contribution in [1.29, 1.82) is 0 Å². The van der Waals surface area contributed by atoms with E-state index in [2.05, 4.69) is 73.6 Å². The number of pyridine rings is 1. The predicted octanol–water partition coefficient (Wildman–Crippen LogP) is 5.44.